The minimum absolute atomic E-state index is 0.167. The van der Waals surface area contributed by atoms with E-state index < -0.39 is 0 Å². The number of hydrogen-bond acceptors (Lipinski definition) is 1. The van der Waals surface area contributed by atoms with Crippen molar-refractivity contribution in [2.24, 2.45) is 5.92 Å². The molecule has 0 radical (unpaired) electrons. The van der Waals surface area contributed by atoms with Crippen LogP contribution in [0.2, 0.25) is 0 Å². The van der Waals surface area contributed by atoms with Crippen molar-refractivity contribution in [2.45, 2.75) is 19.8 Å². The molecule has 1 saturated carbocycles. The monoisotopic (exact) mass is 163 g/mol. The number of carbonyl (C=O) groups excluding carboxylic acids is 1. The van der Waals surface area contributed by atoms with E-state index in [0.29, 0.717) is 12.5 Å². The Hall–Kier alpha value is -1.23. The molecule has 1 fully saturated rings. The van der Waals surface area contributed by atoms with Crippen LogP contribution in [0.1, 0.15) is 19.8 Å². The van der Waals surface area contributed by atoms with Crippen molar-refractivity contribution in [3.63, 3.8) is 0 Å². The van der Waals surface area contributed by atoms with Gasteiger partial charge in [-0.2, -0.15) is 0 Å². The van der Waals surface area contributed by atoms with Crippen molar-refractivity contribution >= 4 is 5.91 Å². The lowest BCUT2D eigenvalue weighted by molar-refractivity contribution is -0.115. The van der Waals surface area contributed by atoms with Crippen LogP contribution < -0.4 is 5.32 Å². The smallest absolute Gasteiger partial charge is 0.296 e. The lowest BCUT2D eigenvalue weighted by atomic mass is 10.4. The molecule has 0 bridgehead atoms. The molecule has 0 heterocycles. The van der Waals surface area contributed by atoms with E-state index in [-0.39, 0.29) is 5.91 Å². The normalized spacial score (nSPS) is 15.4. The third-order valence-corrected chi connectivity index (χ3v) is 1.58. The van der Waals surface area contributed by atoms with Gasteiger partial charge in [0, 0.05) is 12.5 Å². The molecule has 1 N–H and O–H groups in total. The molecule has 1 aliphatic carbocycles. The molecule has 0 spiro atoms. The first kappa shape index (κ1) is 8.86. The zero-order valence-corrected chi connectivity index (χ0v) is 7.26. The largest absolute Gasteiger partial charge is 0.342 e. The Labute approximate surface area is 73.0 Å². The second-order valence-corrected chi connectivity index (χ2v) is 2.82. The zero-order chi connectivity index (χ0) is 8.81. The minimum Gasteiger partial charge on any atom is -0.342 e. The average Bonchev–Trinajstić information content (AvgIpc) is 2.84. The van der Waals surface area contributed by atoms with Crippen LogP contribution >= 0.6 is 0 Å². The molecule has 0 saturated heterocycles. The van der Waals surface area contributed by atoms with Gasteiger partial charge in [0.1, 0.15) is 0 Å². The van der Waals surface area contributed by atoms with Gasteiger partial charge in [0.15, 0.2) is 0 Å². The maximum absolute atomic E-state index is 10.9. The summed E-state index contributed by atoms with van der Waals surface area (Å²) in [4.78, 5) is 10.9. The summed E-state index contributed by atoms with van der Waals surface area (Å²) in [5.74, 6) is 5.80. The van der Waals surface area contributed by atoms with E-state index >= 15 is 0 Å². The second kappa shape index (κ2) is 4.61. The molecule has 0 unspecified atom stereocenters. The molecule has 0 aromatic rings. The van der Waals surface area contributed by atoms with E-state index in [1.807, 2.05) is 19.1 Å². The summed E-state index contributed by atoms with van der Waals surface area (Å²) in [5.41, 5.74) is 0. The van der Waals surface area contributed by atoms with Gasteiger partial charge in [-0.3, -0.25) is 4.79 Å². The summed E-state index contributed by atoms with van der Waals surface area (Å²) in [6, 6.07) is 0. The molecular weight excluding hydrogens is 150 g/mol. The Morgan fingerprint density at radius 3 is 3.00 bits per heavy atom. The summed E-state index contributed by atoms with van der Waals surface area (Å²) in [6.07, 6.45) is 6.11. The molecule has 0 atom stereocenters. The quantitative estimate of drug-likeness (QED) is 0.479. The predicted octanol–water partition coefficient (Wildman–Crippen LogP) is 1.09. The van der Waals surface area contributed by atoms with E-state index in [4.69, 9.17) is 0 Å². The number of rotatable bonds is 2. The van der Waals surface area contributed by atoms with Gasteiger partial charge in [0.2, 0.25) is 0 Å². The van der Waals surface area contributed by atoms with Gasteiger partial charge < -0.3 is 5.32 Å². The standard InChI is InChI=1S/C10H13NO/c1-2-3-8-11-10(12)7-6-9-4-5-9/h2-3,9H,4-5,8H2,1H3,(H,11,12)/b3-2+. The highest BCUT2D eigenvalue weighted by atomic mass is 16.1. The average molecular weight is 163 g/mol. The van der Waals surface area contributed by atoms with Gasteiger partial charge in [-0.15, -0.1) is 0 Å². The van der Waals surface area contributed by atoms with Crippen LogP contribution in [0.15, 0.2) is 12.2 Å². The number of amides is 1. The Kier molecular flexibility index (Phi) is 3.40. The molecule has 0 aromatic carbocycles. The molecule has 1 amide bonds. The molecule has 1 aliphatic rings. The van der Waals surface area contributed by atoms with Gasteiger partial charge in [0.05, 0.1) is 0 Å². The lowest BCUT2D eigenvalue weighted by Gasteiger charge is -1.91. The van der Waals surface area contributed by atoms with Crippen LogP contribution in [0.5, 0.6) is 0 Å². The van der Waals surface area contributed by atoms with Crippen LogP contribution in [0.4, 0.5) is 0 Å². The van der Waals surface area contributed by atoms with Crippen molar-refractivity contribution in [3.05, 3.63) is 12.2 Å². The number of hydrogen-bond donors (Lipinski definition) is 1. The maximum atomic E-state index is 10.9. The van der Waals surface area contributed by atoms with Crippen molar-refractivity contribution in [3.8, 4) is 11.8 Å². The Balaban J connectivity index is 2.15. The number of nitrogens with one attached hydrogen (secondary N) is 1. The number of carbonyl (C=O) groups is 1. The molecular formula is C10H13NO. The predicted molar refractivity (Wildman–Crippen MR) is 48.3 cm³/mol. The highest BCUT2D eigenvalue weighted by molar-refractivity contribution is 5.93. The van der Waals surface area contributed by atoms with E-state index in [0.717, 1.165) is 12.8 Å². The topological polar surface area (TPSA) is 29.1 Å². The SMILES string of the molecule is C/C=C/CNC(=O)C#CC1CC1. The van der Waals surface area contributed by atoms with Gasteiger partial charge >= 0.3 is 0 Å². The van der Waals surface area contributed by atoms with E-state index in [1.54, 1.807) is 0 Å². The van der Waals surface area contributed by atoms with E-state index in [9.17, 15) is 4.79 Å². The summed E-state index contributed by atoms with van der Waals surface area (Å²) >= 11 is 0. The fraction of sp³-hybridized carbons (Fsp3) is 0.500. The first-order valence-corrected chi connectivity index (χ1v) is 4.23. The van der Waals surface area contributed by atoms with Crippen molar-refractivity contribution in [1.29, 1.82) is 0 Å². The molecule has 2 heteroatoms. The van der Waals surface area contributed by atoms with Crippen LogP contribution in [-0.2, 0) is 4.79 Å². The third-order valence-electron chi connectivity index (χ3n) is 1.58. The minimum atomic E-state index is -0.167. The van der Waals surface area contributed by atoms with Crippen LogP contribution in [-0.4, -0.2) is 12.5 Å². The van der Waals surface area contributed by atoms with E-state index in [2.05, 4.69) is 17.2 Å². The van der Waals surface area contributed by atoms with Gasteiger partial charge in [-0.1, -0.05) is 18.1 Å². The van der Waals surface area contributed by atoms with Crippen LogP contribution in [0.25, 0.3) is 0 Å². The molecule has 64 valence electrons. The van der Waals surface area contributed by atoms with Crippen LogP contribution in [0.3, 0.4) is 0 Å². The summed E-state index contributed by atoms with van der Waals surface area (Å²) in [6.45, 7) is 2.50. The first-order valence-electron chi connectivity index (χ1n) is 4.23. The number of allylic oxidation sites excluding steroid dienone is 1. The van der Waals surface area contributed by atoms with Gasteiger partial charge in [-0.05, 0) is 25.7 Å². The Morgan fingerprint density at radius 1 is 1.67 bits per heavy atom. The summed E-state index contributed by atoms with van der Waals surface area (Å²) < 4.78 is 0. The van der Waals surface area contributed by atoms with Crippen LogP contribution in [0, 0.1) is 17.8 Å². The summed E-state index contributed by atoms with van der Waals surface area (Å²) in [5, 5.41) is 2.67. The molecule has 1 rings (SSSR count). The molecule has 2 nitrogen and oxygen atoms in total. The zero-order valence-electron chi connectivity index (χ0n) is 7.26. The van der Waals surface area contributed by atoms with Gasteiger partial charge in [-0.25, -0.2) is 0 Å². The maximum Gasteiger partial charge on any atom is 0.296 e. The lowest BCUT2D eigenvalue weighted by Crippen LogP contribution is -2.21. The van der Waals surface area contributed by atoms with Crippen molar-refractivity contribution in [1.82, 2.24) is 5.32 Å². The Morgan fingerprint density at radius 2 is 2.42 bits per heavy atom. The molecule has 0 aromatic heterocycles. The molecule has 12 heavy (non-hydrogen) atoms. The highest BCUT2D eigenvalue weighted by Crippen LogP contribution is 2.27. The van der Waals surface area contributed by atoms with E-state index in [1.165, 1.54) is 0 Å². The fourth-order valence-electron chi connectivity index (χ4n) is 0.709. The van der Waals surface area contributed by atoms with Crippen molar-refractivity contribution in [2.75, 3.05) is 6.54 Å². The fourth-order valence-corrected chi connectivity index (χ4v) is 0.709. The third kappa shape index (κ3) is 3.82. The first-order chi connectivity index (χ1) is 5.83. The Bertz CT molecular complexity index is 240. The van der Waals surface area contributed by atoms with Gasteiger partial charge in [0.25, 0.3) is 5.91 Å². The highest BCUT2D eigenvalue weighted by Gasteiger charge is 2.17. The molecule has 0 aliphatic heterocycles. The summed E-state index contributed by atoms with van der Waals surface area (Å²) in [7, 11) is 0. The van der Waals surface area contributed by atoms with Crippen molar-refractivity contribution < 1.29 is 4.79 Å². The second-order valence-electron chi connectivity index (χ2n) is 2.82.